The van der Waals surface area contributed by atoms with Gasteiger partial charge in [-0.15, -0.1) is 0 Å². The van der Waals surface area contributed by atoms with Crippen LogP contribution >= 0.6 is 0 Å². The molecule has 0 aliphatic heterocycles. The van der Waals surface area contributed by atoms with Crippen LogP contribution in [0.4, 0.5) is 5.69 Å². The summed E-state index contributed by atoms with van der Waals surface area (Å²) in [7, 11) is 0. The molecule has 0 unspecified atom stereocenters. The summed E-state index contributed by atoms with van der Waals surface area (Å²) >= 11 is 0. The molecule has 0 radical (unpaired) electrons. The maximum atomic E-state index is 12.0. The summed E-state index contributed by atoms with van der Waals surface area (Å²) in [6.45, 7) is 1.89. The summed E-state index contributed by atoms with van der Waals surface area (Å²) in [6.07, 6.45) is 2.84. The predicted molar refractivity (Wildman–Crippen MR) is 79.3 cm³/mol. The van der Waals surface area contributed by atoms with Gasteiger partial charge in [-0.1, -0.05) is 35.9 Å². The quantitative estimate of drug-likeness (QED) is 0.403. The molecule has 0 saturated carbocycles. The van der Waals surface area contributed by atoms with E-state index in [1.807, 2.05) is 13.0 Å². The van der Waals surface area contributed by atoms with E-state index in [1.165, 1.54) is 30.4 Å². The lowest BCUT2D eigenvalue weighted by Crippen LogP contribution is -1.94. The molecule has 21 heavy (non-hydrogen) atoms. The maximum Gasteiger partial charge on any atom is 0.311 e. The molecule has 106 valence electrons. The fourth-order valence-corrected chi connectivity index (χ4v) is 1.86. The number of carbonyl (C=O) groups excluding carboxylic acids is 1. The highest BCUT2D eigenvalue weighted by Crippen LogP contribution is 2.26. The number of benzene rings is 2. The SMILES string of the molecule is Cc1cccc(C(=O)/C=C/c2ccc(O)c([N+](=O)[O-])c2)c1. The van der Waals surface area contributed by atoms with Gasteiger partial charge in [0.1, 0.15) is 0 Å². The van der Waals surface area contributed by atoms with Gasteiger partial charge in [-0.25, -0.2) is 0 Å². The highest BCUT2D eigenvalue weighted by Gasteiger charge is 2.12. The zero-order valence-corrected chi connectivity index (χ0v) is 11.3. The summed E-state index contributed by atoms with van der Waals surface area (Å²) in [5.41, 5.74) is 1.62. The molecule has 0 aromatic heterocycles. The number of aromatic hydroxyl groups is 1. The van der Waals surface area contributed by atoms with Gasteiger partial charge < -0.3 is 5.11 Å². The molecule has 5 nitrogen and oxygen atoms in total. The number of phenolic OH excluding ortho intramolecular Hbond substituents is 1. The number of rotatable bonds is 4. The van der Waals surface area contributed by atoms with E-state index < -0.39 is 10.7 Å². The number of hydrogen-bond acceptors (Lipinski definition) is 4. The Balaban J connectivity index is 2.23. The average molecular weight is 283 g/mol. The Bertz CT molecular complexity index is 735. The van der Waals surface area contributed by atoms with E-state index in [0.717, 1.165) is 5.56 Å². The molecule has 2 rings (SSSR count). The fraction of sp³-hybridized carbons (Fsp3) is 0.0625. The van der Waals surface area contributed by atoms with Crippen molar-refractivity contribution in [2.45, 2.75) is 6.92 Å². The van der Waals surface area contributed by atoms with E-state index in [1.54, 1.807) is 18.2 Å². The van der Waals surface area contributed by atoms with Gasteiger partial charge in [0.15, 0.2) is 11.5 Å². The molecule has 0 aliphatic carbocycles. The first-order valence-electron chi connectivity index (χ1n) is 6.24. The summed E-state index contributed by atoms with van der Waals surface area (Å²) in [5, 5.41) is 20.1. The highest BCUT2D eigenvalue weighted by molar-refractivity contribution is 6.06. The average Bonchev–Trinajstić information content (AvgIpc) is 2.45. The van der Waals surface area contributed by atoms with Gasteiger partial charge in [-0.05, 0) is 30.7 Å². The zero-order chi connectivity index (χ0) is 15.4. The Labute approximate surface area is 121 Å². The number of aryl methyl sites for hydroxylation is 1. The van der Waals surface area contributed by atoms with Crippen molar-refractivity contribution in [2.24, 2.45) is 0 Å². The molecular formula is C16H13NO4. The molecular weight excluding hydrogens is 270 g/mol. The first-order valence-corrected chi connectivity index (χ1v) is 6.24. The van der Waals surface area contributed by atoms with Crippen molar-refractivity contribution in [3.8, 4) is 5.75 Å². The minimum absolute atomic E-state index is 0.186. The molecule has 2 aromatic rings. The molecule has 0 fully saturated rings. The Hall–Kier alpha value is -2.95. The third kappa shape index (κ3) is 3.54. The largest absolute Gasteiger partial charge is 0.502 e. The lowest BCUT2D eigenvalue weighted by atomic mass is 10.1. The smallest absolute Gasteiger partial charge is 0.311 e. The minimum atomic E-state index is -0.672. The molecule has 0 heterocycles. The zero-order valence-electron chi connectivity index (χ0n) is 11.3. The molecule has 1 N–H and O–H groups in total. The molecule has 0 saturated heterocycles. The first-order chi connectivity index (χ1) is 9.97. The van der Waals surface area contributed by atoms with Crippen molar-refractivity contribution >= 4 is 17.5 Å². The molecule has 0 aliphatic rings. The van der Waals surface area contributed by atoms with Crippen LogP contribution in [0.2, 0.25) is 0 Å². The van der Waals surface area contributed by atoms with E-state index in [-0.39, 0.29) is 11.5 Å². The van der Waals surface area contributed by atoms with Crippen LogP contribution in [0.5, 0.6) is 5.75 Å². The van der Waals surface area contributed by atoms with Crippen LogP contribution in [0.25, 0.3) is 6.08 Å². The fourth-order valence-electron chi connectivity index (χ4n) is 1.86. The highest BCUT2D eigenvalue weighted by atomic mass is 16.6. The van der Waals surface area contributed by atoms with Crippen LogP contribution < -0.4 is 0 Å². The van der Waals surface area contributed by atoms with E-state index >= 15 is 0 Å². The third-order valence-corrected chi connectivity index (χ3v) is 2.93. The van der Waals surface area contributed by atoms with Crippen LogP contribution in [0.3, 0.4) is 0 Å². The second-order valence-electron chi connectivity index (χ2n) is 4.57. The summed E-state index contributed by atoms with van der Waals surface area (Å²) in [5.74, 6) is -0.586. The van der Waals surface area contributed by atoms with Crippen LogP contribution in [0, 0.1) is 17.0 Å². The number of ketones is 1. The van der Waals surface area contributed by atoms with Crippen molar-refractivity contribution < 1.29 is 14.8 Å². The van der Waals surface area contributed by atoms with Gasteiger partial charge >= 0.3 is 5.69 Å². The van der Waals surface area contributed by atoms with Crippen molar-refractivity contribution in [3.63, 3.8) is 0 Å². The van der Waals surface area contributed by atoms with Gasteiger partial charge in [-0.2, -0.15) is 0 Å². The molecule has 0 bridgehead atoms. The van der Waals surface area contributed by atoms with E-state index in [0.29, 0.717) is 11.1 Å². The van der Waals surface area contributed by atoms with Crippen molar-refractivity contribution in [1.29, 1.82) is 0 Å². The second kappa shape index (κ2) is 6.00. The van der Waals surface area contributed by atoms with Gasteiger partial charge in [-0.3, -0.25) is 14.9 Å². The molecule has 2 aromatic carbocycles. The Morgan fingerprint density at radius 1 is 1.24 bits per heavy atom. The van der Waals surface area contributed by atoms with Crippen molar-refractivity contribution in [1.82, 2.24) is 0 Å². The van der Waals surface area contributed by atoms with Crippen LogP contribution in [0.1, 0.15) is 21.5 Å². The van der Waals surface area contributed by atoms with Gasteiger partial charge in [0, 0.05) is 11.6 Å². The molecule has 0 amide bonds. The number of phenols is 1. The number of nitro groups is 1. The monoisotopic (exact) mass is 283 g/mol. The van der Waals surface area contributed by atoms with Crippen LogP contribution in [0.15, 0.2) is 48.5 Å². The standard InChI is InChI=1S/C16H13NO4/c1-11-3-2-4-13(9-11)15(18)7-5-12-6-8-16(19)14(10-12)17(20)21/h2-10,19H,1H3/b7-5+. The summed E-state index contributed by atoms with van der Waals surface area (Å²) < 4.78 is 0. The molecule has 0 spiro atoms. The number of hydrogen-bond donors (Lipinski definition) is 1. The third-order valence-electron chi connectivity index (χ3n) is 2.93. The first kappa shape index (κ1) is 14.5. The van der Waals surface area contributed by atoms with Crippen LogP contribution in [-0.4, -0.2) is 15.8 Å². The Morgan fingerprint density at radius 2 is 2.00 bits per heavy atom. The van der Waals surface area contributed by atoms with E-state index in [2.05, 4.69) is 0 Å². The lowest BCUT2D eigenvalue weighted by Gasteiger charge is -1.99. The minimum Gasteiger partial charge on any atom is -0.502 e. The topological polar surface area (TPSA) is 80.4 Å². The van der Waals surface area contributed by atoms with E-state index in [9.17, 15) is 20.0 Å². The van der Waals surface area contributed by atoms with Crippen LogP contribution in [-0.2, 0) is 0 Å². The summed E-state index contributed by atoms with van der Waals surface area (Å²) in [6, 6.07) is 11.1. The summed E-state index contributed by atoms with van der Waals surface area (Å²) in [4.78, 5) is 22.0. The lowest BCUT2D eigenvalue weighted by molar-refractivity contribution is -0.385. The maximum absolute atomic E-state index is 12.0. The Morgan fingerprint density at radius 3 is 2.67 bits per heavy atom. The van der Waals surface area contributed by atoms with Gasteiger partial charge in [0.2, 0.25) is 0 Å². The van der Waals surface area contributed by atoms with Crippen molar-refractivity contribution in [3.05, 3.63) is 75.3 Å². The van der Waals surface area contributed by atoms with Gasteiger partial charge in [0.05, 0.1) is 4.92 Å². The molecule has 5 heteroatoms. The van der Waals surface area contributed by atoms with Gasteiger partial charge in [0.25, 0.3) is 0 Å². The number of allylic oxidation sites excluding steroid dienone is 1. The number of nitro benzene ring substituents is 1. The Kier molecular flexibility index (Phi) is 4.13. The number of carbonyl (C=O) groups is 1. The van der Waals surface area contributed by atoms with E-state index in [4.69, 9.17) is 0 Å². The normalized spacial score (nSPS) is 10.7. The number of nitrogens with zero attached hydrogens (tertiary/aromatic N) is 1. The molecule has 0 atom stereocenters. The second-order valence-corrected chi connectivity index (χ2v) is 4.57. The predicted octanol–water partition coefficient (Wildman–Crippen LogP) is 3.50. The van der Waals surface area contributed by atoms with Crippen molar-refractivity contribution in [2.75, 3.05) is 0 Å².